The Balaban J connectivity index is 3.80. The summed E-state index contributed by atoms with van der Waals surface area (Å²) < 4.78 is 1.34. The minimum atomic E-state index is 1.05. The summed E-state index contributed by atoms with van der Waals surface area (Å²) in [6, 6.07) is 0. The Morgan fingerprint density at radius 2 is 2.00 bits per heavy atom. The van der Waals surface area contributed by atoms with E-state index in [2.05, 4.69) is 49.1 Å². The van der Waals surface area contributed by atoms with E-state index in [4.69, 9.17) is 0 Å². The molecule has 1 heteroatoms. The van der Waals surface area contributed by atoms with Crippen molar-refractivity contribution in [3.63, 3.8) is 0 Å². The van der Waals surface area contributed by atoms with Crippen LogP contribution in [0.15, 0.2) is 23.8 Å². The van der Waals surface area contributed by atoms with E-state index in [1.54, 1.807) is 0 Å². The average Bonchev–Trinajstić information content (AvgIpc) is 1.88. The monoisotopic (exact) mass is 173 g/mol. The molecule has 0 aromatic rings. The molecule has 0 aromatic heterocycles. The molecular formula is C9H14V. The van der Waals surface area contributed by atoms with Gasteiger partial charge in [0.1, 0.15) is 0 Å². The van der Waals surface area contributed by atoms with Crippen LogP contribution in [0, 0.1) is 0 Å². The van der Waals surface area contributed by atoms with Crippen molar-refractivity contribution < 1.29 is 17.0 Å². The van der Waals surface area contributed by atoms with E-state index in [9.17, 15) is 0 Å². The van der Waals surface area contributed by atoms with Crippen LogP contribution in [0.25, 0.3) is 0 Å². The van der Waals surface area contributed by atoms with Gasteiger partial charge in [-0.1, -0.05) is 0 Å². The van der Waals surface area contributed by atoms with E-state index in [1.165, 1.54) is 9.80 Å². The normalized spacial score (nSPS) is 12.4. The summed E-state index contributed by atoms with van der Waals surface area (Å²) in [5.41, 5.74) is 1.37. The van der Waals surface area contributed by atoms with E-state index in [0.29, 0.717) is 0 Å². The van der Waals surface area contributed by atoms with E-state index in [0.717, 1.165) is 6.42 Å². The summed E-state index contributed by atoms with van der Waals surface area (Å²) in [6.07, 6.45) is 7.51. The van der Waals surface area contributed by atoms with Gasteiger partial charge in [0.2, 0.25) is 0 Å². The maximum atomic E-state index is 2.57. The molecule has 0 aliphatic rings. The molecule has 10 heavy (non-hydrogen) atoms. The molecule has 0 amide bonds. The Morgan fingerprint density at radius 1 is 1.40 bits per heavy atom. The predicted molar refractivity (Wildman–Crippen MR) is 43.9 cm³/mol. The van der Waals surface area contributed by atoms with Gasteiger partial charge in [0.15, 0.2) is 0 Å². The first kappa shape index (κ1) is 9.93. The van der Waals surface area contributed by atoms with Crippen LogP contribution in [0.5, 0.6) is 0 Å². The number of allylic oxidation sites excluding steroid dienone is 4. The van der Waals surface area contributed by atoms with Crippen LogP contribution in [0.3, 0.4) is 0 Å². The van der Waals surface area contributed by atoms with Crippen molar-refractivity contribution in [2.24, 2.45) is 0 Å². The van der Waals surface area contributed by atoms with Crippen LogP contribution in [-0.4, -0.2) is 4.23 Å². The molecule has 0 unspecified atom stereocenters. The first-order chi connectivity index (χ1) is 4.68. The quantitative estimate of drug-likeness (QED) is 0.575. The minimum absolute atomic E-state index is 1.05. The second-order valence-corrected chi connectivity index (χ2v) is 3.32. The summed E-state index contributed by atoms with van der Waals surface area (Å²) in [6.45, 7) is 6.29. The van der Waals surface area contributed by atoms with Gasteiger partial charge in [0.25, 0.3) is 0 Å². The Kier molecular flexibility index (Phi) is 5.66. The second kappa shape index (κ2) is 5.70. The molecule has 0 atom stereocenters. The van der Waals surface area contributed by atoms with Crippen molar-refractivity contribution in [2.75, 3.05) is 0 Å². The molecular weight excluding hydrogens is 159 g/mol. The van der Waals surface area contributed by atoms with Gasteiger partial charge >= 0.3 is 72.2 Å². The van der Waals surface area contributed by atoms with Crippen molar-refractivity contribution in [2.45, 2.75) is 27.2 Å². The fourth-order valence-corrected chi connectivity index (χ4v) is 0.671. The van der Waals surface area contributed by atoms with Crippen LogP contribution in [0.1, 0.15) is 27.2 Å². The standard InChI is InChI=1S/C9H14.V/c1-4-6-7-8-9(3)5-2;/h4,6,8H,7H2,1-3H3;/b6-4?,9-8-;. The van der Waals surface area contributed by atoms with Crippen LogP contribution in [0.2, 0.25) is 0 Å². The third kappa shape index (κ3) is 4.78. The number of hydrogen-bond acceptors (Lipinski definition) is 0. The van der Waals surface area contributed by atoms with E-state index < -0.39 is 0 Å². The predicted octanol–water partition coefficient (Wildman–Crippen LogP) is 2.64. The molecule has 0 fully saturated rings. The van der Waals surface area contributed by atoms with Crippen LogP contribution >= 0.6 is 0 Å². The fraction of sp³-hybridized carbons (Fsp3) is 0.444. The molecule has 0 aliphatic carbocycles. The van der Waals surface area contributed by atoms with Crippen molar-refractivity contribution in [1.29, 1.82) is 0 Å². The molecule has 0 N–H and O–H groups in total. The molecule has 0 bridgehead atoms. The molecule has 0 heterocycles. The summed E-state index contributed by atoms with van der Waals surface area (Å²) in [5, 5.41) is 0. The van der Waals surface area contributed by atoms with E-state index in [-0.39, 0.29) is 0 Å². The van der Waals surface area contributed by atoms with Gasteiger partial charge in [-0.15, -0.1) is 0 Å². The summed E-state index contributed by atoms with van der Waals surface area (Å²) >= 11 is 2.57. The van der Waals surface area contributed by atoms with Gasteiger partial charge in [-0.25, -0.2) is 0 Å². The second-order valence-electron chi connectivity index (χ2n) is 2.28. The topological polar surface area (TPSA) is 0 Å². The molecule has 0 nitrogen and oxygen atoms in total. The van der Waals surface area contributed by atoms with Gasteiger partial charge < -0.3 is 0 Å². The van der Waals surface area contributed by atoms with Crippen molar-refractivity contribution in [3.8, 4) is 0 Å². The SMILES string of the molecule is CC=CC/C=C(/C)[C](C)=[V]. The Hall–Kier alpha value is -0.0656. The average molecular weight is 173 g/mol. The Morgan fingerprint density at radius 3 is 2.40 bits per heavy atom. The molecule has 0 rings (SSSR count). The molecule has 0 saturated carbocycles. The maximum absolute atomic E-state index is 2.57. The summed E-state index contributed by atoms with van der Waals surface area (Å²) in [4.78, 5) is 0. The van der Waals surface area contributed by atoms with E-state index >= 15 is 0 Å². The number of hydrogen-bond donors (Lipinski definition) is 0. The van der Waals surface area contributed by atoms with Crippen LogP contribution in [0.4, 0.5) is 0 Å². The molecule has 55 valence electrons. The van der Waals surface area contributed by atoms with Crippen LogP contribution < -0.4 is 0 Å². The molecule has 0 radical (unpaired) electrons. The summed E-state index contributed by atoms with van der Waals surface area (Å²) in [7, 11) is 0. The Labute approximate surface area is 72.5 Å². The third-order valence-corrected chi connectivity index (χ3v) is 1.92. The van der Waals surface area contributed by atoms with E-state index in [1.807, 2.05) is 6.92 Å². The first-order valence-electron chi connectivity index (χ1n) is 3.49. The first-order valence-corrected chi connectivity index (χ1v) is 4.19. The van der Waals surface area contributed by atoms with Crippen molar-refractivity contribution in [1.82, 2.24) is 0 Å². The summed E-state index contributed by atoms with van der Waals surface area (Å²) in [5.74, 6) is 0. The zero-order chi connectivity index (χ0) is 7.98. The van der Waals surface area contributed by atoms with Gasteiger partial charge in [-0.05, 0) is 0 Å². The van der Waals surface area contributed by atoms with Gasteiger partial charge in [-0.2, -0.15) is 0 Å². The fourth-order valence-electron chi connectivity index (χ4n) is 0.529. The molecule has 0 aliphatic heterocycles. The third-order valence-electron chi connectivity index (χ3n) is 1.37. The van der Waals surface area contributed by atoms with Gasteiger partial charge in [-0.3, -0.25) is 0 Å². The molecule has 0 saturated heterocycles. The zero-order valence-corrected chi connectivity index (χ0v) is 8.28. The van der Waals surface area contributed by atoms with Crippen molar-refractivity contribution >= 4 is 4.23 Å². The molecule has 0 spiro atoms. The van der Waals surface area contributed by atoms with Crippen LogP contribution in [-0.2, 0) is 17.0 Å². The van der Waals surface area contributed by atoms with Crippen molar-refractivity contribution in [3.05, 3.63) is 23.8 Å². The van der Waals surface area contributed by atoms with Gasteiger partial charge in [0, 0.05) is 0 Å². The zero-order valence-electron chi connectivity index (χ0n) is 6.89. The number of rotatable bonds is 3. The van der Waals surface area contributed by atoms with Gasteiger partial charge in [0.05, 0.1) is 0 Å². The Bertz CT molecular complexity index is 164. The molecule has 0 aromatic carbocycles.